The topological polar surface area (TPSA) is 78.8 Å². The Morgan fingerprint density at radius 3 is 2.60 bits per heavy atom. The Labute approximate surface area is 58.9 Å². The van der Waals surface area contributed by atoms with Gasteiger partial charge in [-0.25, -0.2) is 0 Å². The third-order valence-corrected chi connectivity index (χ3v) is 1.87. The van der Waals surface area contributed by atoms with Gasteiger partial charge >= 0.3 is 10.1 Å². The fourth-order valence-electron chi connectivity index (χ4n) is 0.684. The molecule has 1 rings (SSSR count). The molecule has 0 atom stereocenters. The van der Waals surface area contributed by atoms with Gasteiger partial charge in [0.1, 0.15) is 0 Å². The SMILES string of the molecule is O=S(=O)(O)C1=NCCCN1. The predicted molar refractivity (Wildman–Crippen MR) is 36.5 cm³/mol. The Balaban J connectivity index is 2.82. The van der Waals surface area contributed by atoms with E-state index in [4.69, 9.17) is 4.55 Å². The number of nitrogens with one attached hydrogen (secondary N) is 1. The van der Waals surface area contributed by atoms with Crippen molar-refractivity contribution in [2.24, 2.45) is 4.99 Å². The van der Waals surface area contributed by atoms with Gasteiger partial charge in [-0.2, -0.15) is 8.42 Å². The highest BCUT2D eigenvalue weighted by atomic mass is 32.2. The molecule has 10 heavy (non-hydrogen) atoms. The molecule has 0 bridgehead atoms. The van der Waals surface area contributed by atoms with E-state index in [1.165, 1.54) is 0 Å². The summed E-state index contributed by atoms with van der Waals surface area (Å²) in [6, 6.07) is 0. The molecule has 1 aliphatic rings. The van der Waals surface area contributed by atoms with Crippen LogP contribution >= 0.6 is 0 Å². The van der Waals surface area contributed by atoms with E-state index in [1.54, 1.807) is 0 Å². The first-order valence-corrected chi connectivity index (χ1v) is 4.30. The van der Waals surface area contributed by atoms with Crippen molar-refractivity contribution in [3.63, 3.8) is 0 Å². The van der Waals surface area contributed by atoms with Crippen LogP contribution in [0.3, 0.4) is 0 Å². The Hall–Kier alpha value is -0.620. The summed E-state index contributed by atoms with van der Waals surface area (Å²) in [5.41, 5.74) is 0. The van der Waals surface area contributed by atoms with Crippen LogP contribution in [0.25, 0.3) is 0 Å². The van der Waals surface area contributed by atoms with Crippen LogP contribution in [-0.4, -0.2) is 31.2 Å². The molecule has 1 aliphatic heterocycles. The van der Waals surface area contributed by atoms with Gasteiger partial charge in [0.2, 0.25) is 5.17 Å². The largest absolute Gasteiger partial charge is 0.359 e. The number of hydrogen-bond donors (Lipinski definition) is 2. The lowest BCUT2D eigenvalue weighted by atomic mass is 10.4. The van der Waals surface area contributed by atoms with Crippen molar-refractivity contribution < 1.29 is 13.0 Å². The van der Waals surface area contributed by atoms with Gasteiger partial charge in [-0.15, -0.1) is 0 Å². The monoisotopic (exact) mass is 164 g/mol. The Morgan fingerprint density at radius 2 is 2.30 bits per heavy atom. The summed E-state index contributed by atoms with van der Waals surface area (Å²) in [5.74, 6) is 0. The zero-order valence-electron chi connectivity index (χ0n) is 5.24. The van der Waals surface area contributed by atoms with Crippen LogP contribution in [0.15, 0.2) is 4.99 Å². The number of aliphatic imine (C=N–C) groups is 1. The van der Waals surface area contributed by atoms with Crippen LogP contribution in [0.2, 0.25) is 0 Å². The zero-order valence-corrected chi connectivity index (χ0v) is 6.06. The Bertz CT molecular complexity index is 243. The van der Waals surface area contributed by atoms with Crippen molar-refractivity contribution in [3.8, 4) is 0 Å². The number of amidine groups is 1. The van der Waals surface area contributed by atoms with Gasteiger partial charge in [0.25, 0.3) is 0 Å². The molecule has 0 fully saturated rings. The molecule has 1 heterocycles. The lowest BCUT2D eigenvalue weighted by molar-refractivity contribution is 0.495. The summed E-state index contributed by atoms with van der Waals surface area (Å²) >= 11 is 0. The molecule has 0 unspecified atom stereocenters. The van der Waals surface area contributed by atoms with Gasteiger partial charge in [0, 0.05) is 13.1 Å². The summed E-state index contributed by atoms with van der Waals surface area (Å²) in [7, 11) is -4.09. The molecule has 0 aliphatic carbocycles. The van der Waals surface area contributed by atoms with E-state index < -0.39 is 10.1 Å². The Morgan fingerprint density at radius 1 is 1.60 bits per heavy atom. The molecule has 0 saturated heterocycles. The predicted octanol–water partition coefficient (Wildman–Crippen LogP) is -0.776. The number of nitrogens with zero attached hydrogens (tertiary/aromatic N) is 1. The average Bonchev–Trinajstić information content (AvgIpc) is 1.88. The van der Waals surface area contributed by atoms with Crippen molar-refractivity contribution in [2.75, 3.05) is 13.1 Å². The molecular weight excluding hydrogens is 156 g/mol. The third kappa shape index (κ3) is 1.68. The Kier molecular flexibility index (Phi) is 1.91. The highest BCUT2D eigenvalue weighted by Gasteiger charge is 2.16. The zero-order chi connectivity index (χ0) is 7.61. The summed E-state index contributed by atoms with van der Waals surface area (Å²) in [6.45, 7) is 1.01. The molecule has 0 saturated carbocycles. The average molecular weight is 164 g/mol. The van der Waals surface area contributed by atoms with Gasteiger partial charge < -0.3 is 5.32 Å². The minimum atomic E-state index is -4.09. The molecule has 58 valence electrons. The summed E-state index contributed by atoms with van der Waals surface area (Å²) in [5, 5.41) is 2.16. The molecule has 0 aromatic heterocycles. The van der Waals surface area contributed by atoms with E-state index >= 15 is 0 Å². The summed E-state index contributed by atoms with van der Waals surface area (Å²) in [4.78, 5) is 3.57. The molecular formula is C4H8N2O3S. The van der Waals surface area contributed by atoms with Crippen LogP contribution in [-0.2, 0) is 10.1 Å². The van der Waals surface area contributed by atoms with E-state index in [1.807, 2.05) is 0 Å². The standard InChI is InChI=1S/C4H8N2O3S/c7-10(8,9)4-5-2-1-3-6-4/h1-3H2,(H,5,6)(H,7,8,9). The van der Waals surface area contributed by atoms with E-state index in [0.29, 0.717) is 13.1 Å². The second-order valence-electron chi connectivity index (χ2n) is 1.94. The van der Waals surface area contributed by atoms with E-state index in [-0.39, 0.29) is 5.17 Å². The third-order valence-electron chi connectivity index (χ3n) is 1.11. The van der Waals surface area contributed by atoms with Gasteiger partial charge in [0.05, 0.1) is 0 Å². The first kappa shape index (κ1) is 7.49. The van der Waals surface area contributed by atoms with E-state index in [2.05, 4.69) is 10.3 Å². The molecule has 0 amide bonds. The first-order chi connectivity index (χ1) is 4.61. The molecule has 2 N–H and O–H groups in total. The van der Waals surface area contributed by atoms with Crippen molar-refractivity contribution >= 4 is 15.3 Å². The highest BCUT2D eigenvalue weighted by molar-refractivity contribution is 8.01. The van der Waals surface area contributed by atoms with Crippen LogP contribution in [0.4, 0.5) is 0 Å². The highest BCUT2D eigenvalue weighted by Crippen LogP contribution is 1.94. The molecule has 0 aromatic rings. The second-order valence-corrected chi connectivity index (χ2v) is 3.28. The van der Waals surface area contributed by atoms with Crippen LogP contribution < -0.4 is 5.32 Å². The second kappa shape index (κ2) is 2.55. The van der Waals surface area contributed by atoms with Crippen LogP contribution in [0.5, 0.6) is 0 Å². The molecule has 6 heteroatoms. The summed E-state index contributed by atoms with van der Waals surface area (Å²) < 4.78 is 29.1. The van der Waals surface area contributed by atoms with Crippen molar-refractivity contribution in [1.82, 2.24) is 5.32 Å². The summed E-state index contributed by atoms with van der Waals surface area (Å²) in [6.07, 6.45) is 0.805. The lowest BCUT2D eigenvalue weighted by Crippen LogP contribution is -2.35. The van der Waals surface area contributed by atoms with E-state index in [9.17, 15) is 8.42 Å². The van der Waals surface area contributed by atoms with Crippen LogP contribution in [0.1, 0.15) is 6.42 Å². The smallest absolute Gasteiger partial charge is 0.327 e. The lowest BCUT2D eigenvalue weighted by Gasteiger charge is -2.10. The molecule has 5 nitrogen and oxygen atoms in total. The number of rotatable bonds is 0. The van der Waals surface area contributed by atoms with Gasteiger partial charge in [0.15, 0.2) is 0 Å². The fraction of sp³-hybridized carbons (Fsp3) is 0.750. The molecule has 0 spiro atoms. The fourth-order valence-corrected chi connectivity index (χ4v) is 1.22. The van der Waals surface area contributed by atoms with Gasteiger partial charge in [-0.3, -0.25) is 9.55 Å². The van der Waals surface area contributed by atoms with Gasteiger partial charge in [-0.05, 0) is 6.42 Å². The number of hydrogen-bond acceptors (Lipinski definition) is 4. The minimum absolute atomic E-state index is 0.307. The van der Waals surface area contributed by atoms with E-state index in [0.717, 1.165) is 6.42 Å². The first-order valence-electron chi connectivity index (χ1n) is 2.86. The van der Waals surface area contributed by atoms with Crippen molar-refractivity contribution in [3.05, 3.63) is 0 Å². The minimum Gasteiger partial charge on any atom is -0.359 e. The van der Waals surface area contributed by atoms with Crippen molar-refractivity contribution in [1.29, 1.82) is 0 Å². The van der Waals surface area contributed by atoms with Crippen LogP contribution in [0, 0.1) is 0 Å². The maximum atomic E-state index is 10.3. The normalized spacial score (nSPS) is 19.5. The van der Waals surface area contributed by atoms with Crippen molar-refractivity contribution in [2.45, 2.75) is 6.42 Å². The van der Waals surface area contributed by atoms with Gasteiger partial charge in [-0.1, -0.05) is 0 Å². The molecule has 0 aromatic carbocycles. The quantitative estimate of drug-likeness (QED) is 0.460. The molecule has 0 radical (unpaired) electrons. The maximum absolute atomic E-state index is 10.3. The maximum Gasteiger partial charge on any atom is 0.327 e.